The predicted octanol–water partition coefficient (Wildman–Crippen LogP) is 3.66. The quantitative estimate of drug-likeness (QED) is 0.673. The van der Waals surface area contributed by atoms with Gasteiger partial charge in [-0.2, -0.15) is 4.98 Å². The van der Waals surface area contributed by atoms with E-state index in [-0.39, 0.29) is 12.5 Å². The molecule has 0 spiro atoms. The number of nitrogens with zero attached hydrogens (tertiary/aromatic N) is 2. The van der Waals surface area contributed by atoms with Crippen molar-refractivity contribution >= 4 is 5.97 Å². The van der Waals surface area contributed by atoms with E-state index in [1.807, 2.05) is 42.5 Å². The molecule has 0 saturated carbocycles. The molecule has 0 aliphatic rings. The minimum Gasteiger partial charge on any atom is -0.452 e. The minimum absolute atomic E-state index is 0.0474. The standard InChI is InChI=1S/C18H16N2O3/c1-2-13-8-10-15(11-9-13)18(21)22-12-16-19-17(20-23-16)14-6-4-3-5-7-14/h3-11H,2,12H2,1H3. The highest BCUT2D eigenvalue weighted by Gasteiger charge is 2.12. The van der Waals surface area contributed by atoms with Gasteiger partial charge in [0.1, 0.15) is 0 Å². The Balaban J connectivity index is 1.62. The van der Waals surface area contributed by atoms with Crippen molar-refractivity contribution in [3.63, 3.8) is 0 Å². The van der Waals surface area contributed by atoms with Crippen molar-refractivity contribution in [1.29, 1.82) is 0 Å². The van der Waals surface area contributed by atoms with Gasteiger partial charge in [-0.25, -0.2) is 4.79 Å². The van der Waals surface area contributed by atoms with Crippen LogP contribution >= 0.6 is 0 Å². The number of ether oxygens (including phenoxy) is 1. The van der Waals surface area contributed by atoms with Crippen LogP contribution in [0.25, 0.3) is 11.4 Å². The van der Waals surface area contributed by atoms with Gasteiger partial charge in [-0.3, -0.25) is 0 Å². The van der Waals surface area contributed by atoms with E-state index in [9.17, 15) is 4.79 Å². The maximum absolute atomic E-state index is 12.0. The van der Waals surface area contributed by atoms with E-state index in [4.69, 9.17) is 9.26 Å². The molecule has 0 fully saturated rings. The Bertz CT molecular complexity index is 780. The van der Waals surface area contributed by atoms with Crippen LogP contribution in [-0.4, -0.2) is 16.1 Å². The van der Waals surface area contributed by atoms with E-state index in [0.29, 0.717) is 11.4 Å². The van der Waals surface area contributed by atoms with Crippen LogP contribution in [-0.2, 0) is 17.8 Å². The Hall–Kier alpha value is -2.95. The molecule has 5 heteroatoms. The summed E-state index contributed by atoms with van der Waals surface area (Å²) in [5, 5.41) is 3.88. The molecule has 0 atom stereocenters. The average molecular weight is 308 g/mol. The Morgan fingerprint density at radius 3 is 2.52 bits per heavy atom. The number of rotatable bonds is 5. The fraction of sp³-hybridized carbons (Fsp3) is 0.167. The van der Waals surface area contributed by atoms with Crippen molar-refractivity contribution in [2.24, 2.45) is 0 Å². The van der Waals surface area contributed by atoms with Gasteiger partial charge in [0.05, 0.1) is 5.56 Å². The fourth-order valence-electron chi connectivity index (χ4n) is 2.11. The van der Waals surface area contributed by atoms with Crippen molar-refractivity contribution in [2.45, 2.75) is 20.0 Å². The van der Waals surface area contributed by atoms with E-state index in [2.05, 4.69) is 17.1 Å². The first-order valence-corrected chi connectivity index (χ1v) is 7.40. The maximum atomic E-state index is 12.0. The Morgan fingerprint density at radius 2 is 1.83 bits per heavy atom. The van der Waals surface area contributed by atoms with E-state index < -0.39 is 5.97 Å². The molecular weight excluding hydrogens is 292 g/mol. The zero-order chi connectivity index (χ0) is 16.1. The van der Waals surface area contributed by atoms with Crippen molar-refractivity contribution in [3.8, 4) is 11.4 Å². The van der Waals surface area contributed by atoms with Crippen LogP contribution in [0.2, 0.25) is 0 Å². The molecule has 0 saturated heterocycles. The van der Waals surface area contributed by atoms with E-state index in [0.717, 1.165) is 12.0 Å². The highest BCUT2D eigenvalue weighted by atomic mass is 16.6. The molecule has 0 unspecified atom stereocenters. The molecule has 0 amide bonds. The van der Waals surface area contributed by atoms with E-state index >= 15 is 0 Å². The topological polar surface area (TPSA) is 65.2 Å². The van der Waals surface area contributed by atoms with Crippen LogP contribution in [0.4, 0.5) is 0 Å². The third-order valence-corrected chi connectivity index (χ3v) is 3.42. The number of carbonyl (C=O) groups is 1. The molecule has 3 aromatic rings. The molecule has 23 heavy (non-hydrogen) atoms. The molecule has 0 bridgehead atoms. The lowest BCUT2D eigenvalue weighted by molar-refractivity contribution is 0.0430. The summed E-state index contributed by atoms with van der Waals surface area (Å²) in [4.78, 5) is 16.2. The maximum Gasteiger partial charge on any atom is 0.338 e. The molecule has 0 radical (unpaired) electrons. The zero-order valence-electron chi connectivity index (χ0n) is 12.7. The molecule has 0 aliphatic carbocycles. The van der Waals surface area contributed by atoms with Crippen molar-refractivity contribution in [3.05, 3.63) is 71.6 Å². The van der Waals surface area contributed by atoms with Gasteiger partial charge in [0.15, 0.2) is 6.61 Å². The Kier molecular flexibility index (Phi) is 4.47. The number of hydrogen-bond donors (Lipinski definition) is 0. The number of hydrogen-bond acceptors (Lipinski definition) is 5. The number of benzene rings is 2. The highest BCUT2D eigenvalue weighted by molar-refractivity contribution is 5.89. The SMILES string of the molecule is CCc1ccc(C(=O)OCc2nc(-c3ccccc3)no2)cc1. The molecule has 0 aliphatic heterocycles. The van der Waals surface area contributed by atoms with Gasteiger partial charge in [0.2, 0.25) is 5.82 Å². The smallest absolute Gasteiger partial charge is 0.338 e. The molecule has 3 rings (SSSR count). The second-order valence-corrected chi connectivity index (χ2v) is 5.00. The van der Waals surface area contributed by atoms with Gasteiger partial charge >= 0.3 is 5.97 Å². The van der Waals surface area contributed by atoms with Gasteiger partial charge < -0.3 is 9.26 Å². The van der Waals surface area contributed by atoms with Gasteiger partial charge in [-0.15, -0.1) is 0 Å². The lowest BCUT2D eigenvalue weighted by atomic mass is 10.1. The lowest BCUT2D eigenvalue weighted by Gasteiger charge is -2.02. The third kappa shape index (κ3) is 3.63. The Morgan fingerprint density at radius 1 is 1.09 bits per heavy atom. The molecule has 1 aromatic heterocycles. The molecule has 1 heterocycles. The molecule has 2 aromatic carbocycles. The first-order chi connectivity index (χ1) is 11.3. The van der Waals surface area contributed by atoms with Crippen LogP contribution in [0.5, 0.6) is 0 Å². The van der Waals surface area contributed by atoms with E-state index in [1.165, 1.54) is 5.56 Å². The second-order valence-electron chi connectivity index (χ2n) is 5.00. The summed E-state index contributed by atoms with van der Waals surface area (Å²) in [5.74, 6) is 0.332. The van der Waals surface area contributed by atoms with E-state index in [1.54, 1.807) is 12.1 Å². The van der Waals surface area contributed by atoms with Crippen LogP contribution < -0.4 is 0 Å². The predicted molar refractivity (Wildman–Crippen MR) is 84.7 cm³/mol. The summed E-state index contributed by atoms with van der Waals surface area (Å²) in [6.45, 7) is 2.02. The van der Waals surface area contributed by atoms with Crippen molar-refractivity contribution in [2.75, 3.05) is 0 Å². The summed E-state index contributed by atoms with van der Waals surface area (Å²) in [5.41, 5.74) is 2.53. The first-order valence-electron chi connectivity index (χ1n) is 7.40. The van der Waals surface area contributed by atoms with Crippen LogP contribution in [0.1, 0.15) is 28.7 Å². The van der Waals surface area contributed by atoms with Crippen LogP contribution in [0, 0.1) is 0 Å². The number of aryl methyl sites for hydroxylation is 1. The fourth-order valence-corrected chi connectivity index (χ4v) is 2.11. The average Bonchev–Trinajstić information content (AvgIpc) is 3.09. The van der Waals surface area contributed by atoms with Gasteiger partial charge in [0, 0.05) is 5.56 Å². The molecular formula is C18H16N2O3. The molecule has 5 nitrogen and oxygen atoms in total. The summed E-state index contributed by atoms with van der Waals surface area (Å²) in [6, 6.07) is 16.8. The monoisotopic (exact) mass is 308 g/mol. The normalized spacial score (nSPS) is 10.5. The van der Waals surface area contributed by atoms with Gasteiger partial charge in [-0.1, -0.05) is 54.5 Å². The molecule has 0 N–H and O–H groups in total. The second kappa shape index (κ2) is 6.87. The summed E-state index contributed by atoms with van der Waals surface area (Å²) in [7, 11) is 0. The third-order valence-electron chi connectivity index (χ3n) is 3.42. The number of esters is 1. The number of aromatic nitrogens is 2. The lowest BCUT2D eigenvalue weighted by Crippen LogP contribution is -2.05. The Labute approximate surface area is 133 Å². The van der Waals surface area contributed by atoms with Gasteiger partial charge in [0.25, 0.3) is 5.89 Å². The van der Waals surface area contributed by atoms with Crippen LogP contribution in [0.15, 0.2) is 59.1 Å². The summed E-state index contributed by atoms with van der Waals surface area (Å²) < 4.78 is 10.3. The largest absolute Gasteiger partial charge is 0.452 e. The molecule has 116 valence electrons. The summed E-state index contributed by atoms with van der Waals surface area (Å²) in [6.07, 6.45) is 0.930. The first kappa shape index (κ1) is 15.0. The zero-order valence-corrected chi connectivity index (χ0v) is 12.7. The van der Waals surface area contributed by atoms with Gasteiger partial charge in [-0.05, 0) is 24.1 Å². The highest BCUT2D eigenvalue weighted by Crippen LogP contribution is 2.15. The summed E-state index contributed by atoms with van der Waals surface area (Å²) >= 11 is 0. The number of carbonyl (C=O) groups excluding carboxylic acids is 1. The van der Waals surface area contributed by atoms with Crippen LogP contribution in [0.3, 0.4) is 0 Å². The van der Waals surface area contributed by atoms with Crippen molar-refractivity contribution in [1.82, 2.24) is 10.1 Å². The van der Waals surface area contributed by atoms with Crippen molar-refractivity contribution < 1.29 is 14.1 Å². The minimum atomic E-state index is -0.410.